The van der Waals surface area contributed by atoms with Crippen LogP contribution in [0.15, 0.2) is 11.6 Å². The fraction of sp³-hybridized carbons (Fsp3) is 0.875. The molecule has 4 aliphatic carbocycles. The number of rotatable bonds is 7. The third-order valence-corrected chi connectivity index (χ3v) is 11.9. The van der Waals surface area contributed by atoms with Crippen LogP contribution in [0.5, 0.6) is 0 Å². The maximum Gasteiger partial charge on any atom is 0.331 e. The van der Waals surface area contributed by atoms with Gasteiger partial charge in [0.1, 0.15) is 12.7 Å². The molecular formula is C32H50O7. The molecule has 0 aromatic rings. The number of aliphatic hydroxyl groups is 3. The molecule has 4 saturated carbocycles. The lowest BCUT2D eigenvalue weighted by Gasteiger charge is -2.68. The number of fused-ring (bicyclic) bond motifs is 1. The van der Waals surface area contributed by atoms with Gasteiger partial charge < -0.3 is 24.8 Å². The first kappa shape index (κ1) is 29.1. The van der Waals surface area contributed by atoms with Crippen molar-refractivity contribution < 1.29 is 34.4 Å². The first-order valence-corrected chi connectivity index (χ1v) is 15.7. The Bertz CT molecular complexity index is 935. The molecule has 0 aromatic carbocycles. The van der Waals surface area contributed by atoms with Crippen LogP contribution in [0.25, 0.3) is 0 Å². The van der Waals surface area contributed by atoms with Gasteiger partial charge in [0, 0.05) is 12.0 Å². The Morgan fingerprint density at radius 3 is 2.36 bits per heavy atom. The highest BCUT2D eigenvalue weighted by Gasteiger charge is 2.72. The van der Waals surface area contributed by atoms with Gasteiger partial charge in [0.05, 0.1) is 29.6 Å². The molecule has 4 fully saturated rings. The van der Waals surface area contributed by atoms with Crippen molar-refractivity contribution in [1.82, 2.24) is 0 Å². The molecule has 0 aromatic heterocycles. The summed E-state index contributed by atoms with van der Waals surface area (Å²) in [5, 5.41) is 35.8. The summed E-state index contributed by atoms with van der Waals surface area (Å²) >= 11 is 0. The Balaban J connectivity index is 1.54. The Morgan fingerprint density at radius 2 is 1.74 bits per heavy atom. The standard InChI is InChI=1S/C32H50O7/c1-21-17-25(39-29(36)23-9-5-3-6-10-23)28-30(2,24-11-7-4-8-12-24)15-14-26(34)31(28,20-33)32(21,37)16-13-22-18-27(35)38-19-22/h18,21,23-26,28,33-34,37H,3-17,19-20H2,1-2H3/t21-,25-,26+,28+,30+,31+,32-/m1/s1. The fourth-order valence-corrected chi connectivity index (χ4v) is 9.76. The lowest BCUT2D eigenvalue weighted by Crippen LogP contribution is -2.74. The molecule has 3 N–H and O–H groups in total. The highest BCUT2D eigenvalue weighted by atomic mass is 16.5. The van der Waals surface area contributed by atoms with Gasteiger partial charge in [-0.05, 0) is 80.6 Å². The van der Waals surface area contributed by atoms with Crippen LogP contribution < -0.4 is 0 Å². The van der Waals surface area contributed by atoms with Crippen molar-refractivity contribution in [2.75, 3.05) is 13.2 Å². The van der Waals surface area contributed by atoms with Crippen molar-refractivity contribution in [1.29, 1.82) is 0 Å². The minimum absolute atomic E-state index is 0.0836. The highest BCUT2D eigenvalue weighted by Crippen LogP contribution is 2.67. The zero-order valence-electron chi connectivity index (χ0n) is 24.0. The number of ether oxygens (including phenoxy) is 2. The monoisotopic (exact) mass is 546 g/mol. The normalized spacial score (nSPS) is 42.0. The predicted molar refractivity (Wildman–Crippen MR) is 146 cm³/mol. The summed E-state index contributed by atoms with van der Waals surface area (Å²) in [5.74, 6) is -0.854. The van der Waals surface area contributed by atoms with Gasteiger partial charge in [0.15, 0.2) is 0 Å². The molecular weight excluding hydrogens is 496 g/mol. The maximum atomic E-state index is 13.5. The number of carbonyl (C=O) groups excluding carboxylic acids is 2. The van der Waals surface area contributed by atoms with Crippen LogP contribution in [0.2, 0.25) is 0 Å². The van der Waals surface area contributed by atoms with E-state index >= 15 is 0 Å². The van der Waals surface area contributed by atoms with Crippen molar-refractivity contribution in [3.05, 3.63) is 11.6 Å². The summed E-state index contributed by atoms with van der Waals surface area (Å²) in [4.78, 5) is 25.2. The van der Waals surface area contributed by atoms with E-state index < -0.39 is 23.2 Å². The van der Waals surface area contributed by atoms with Gasteiger partial charge in [-0.3, -0.25) is 4.79 Å². The molecule has 5 aliphatic rings. The van der Waals surface area contributed by atoms with Crippen molar-refractivity contribution in [3.8, 4) is 0 Å². The Labute approximate surface area is 233 Å². The van der Waals surface area contributed by atoms with Gasteiger partial charge in [-0.2, -0.15) is 0 Å². The predicted octanol–water partition coefficient (Wildman–Crippen LogP) is 4.85. The van der Waals surface area contributed by atoms with Crippen LogP contribution in [0, 0.1) is 34.5 Å². The number of cyclic esters (lactones) is 1. The molecule has 0 bridgehead atoms. The molecule has 0 amide bonds. The van der Waals surface area contributed by atoms with Crippen LogP contribution in [-0.2, 0) is 19.1 Å². The molecule has 39 heavy (non-hydrogen) atoms. The van der Waals surface area contributed by atoms with Crippen LogP contribution in [0.1, 0.15) is 110 Å². The second-order valence-electron chi connectivity index (χ2n) is 13.9. The van der Waals surface area contributed by atoms with Gasteiger partial charge in [-0.1, -0.05) is 52.4 Å². The number of hydrogen-bond donors (Lipinski definition) is 3. The SMILES string of the molecule is C[C@@H]1C[C@@H](OC(=O)C2CCCCC2)[C@@H]2[C@](CO)([C@@H](O)CC[C@@]2(C)C2CCCCC2)[C@@]1(O)CCC1=CC(=O)OC1. The van der Waals surface area contributed by atoms with E-state index in [0.717, 1.165) is 69.8 Å². The maximum absolute atomic E-state index is 13.5. The first-order valence-electron chi connectivity index (χ1n) is 15.7. The summed E-state index contributed by atoms with van der Waals surface area (Å²) in [6.45, 7) is 4.11. The lowest BCUT2D eigenvalue weighted by atomic mass is 9.39. The van der Waals surface area contributed by atoms with E-state index in [1.54, 1.807) is 0 Å². The van der Waals surface area contributed by atoms with E-state index in [2.05, 4.69) is 6.92 Å². The molecule has 0 saturated heterocycles. The molecule has 220 valence electrons. The quantitative estimate of drug-likeness (QED) is 0.391. The second kappa shape index (κ2) is 11.4. The van der Waals surface area contributed by atoms with Crippen molar-refractivity contribution in [3.63, 3.8) is 0 Å². The molecule has 1 aliphatic heterocycles. The lowest BCUT2D eigenvalue weighted by molar-refractivity contribution is -0.308. The minimum atomic E-state index is -1.39. The van der Waals surface area contributed by atoms with E-state index in [-0.39, 0.29) is 48.3 Å². The third-order valence-electron chi connectivity index (χ3n) is 11.9. The summed E-state index contributed by atoms with van der Waals surface area (Å²) in [6, 6.07) is 0. The molecule has 7 atom stereocenters. The number of esters is 2. The molecule has 0 radical (unpaired) electrons. The van der Waals surface area contributed by atoms with E-state index in [0.29, 0.717) is 31.6 Å². The molecule has 0 unspecified atom stereocenters. The van der Waals surface area contributed by atoms with E-state index in [9.17, 15) is 24.9 Å². The third kappa shape index (κ3) is 4.99. The molecule has 1 heterocycles. The summed E-state index contributed by atoms with van der Waals surface area (Å²) in [5.41, 5.74) is -2.06. The average molecular weight is 547 g/mol. The zero-order valence-corrected chi connectivity index (χ0v) is 24.0. The Hall–Kier alpha value is -1.44. The van der Waals surface area contributed by atoms with E-state index in [4.69, 9.17) is 9.47 Å². The number of hydrogen-bond acceptors (Lipinski definition) is 7. The molecule has 0 spiro atoms. The second-order valence-corrected chi connectivity index (χ2v) is 13.9. The van der Waals surface area contributed by atoms with Gasteiger partial charge in [-0.15, -0.1) is 0 Å². The van der Waals surface area contributed by atoms with Gasteiger partial charge >= 0.3 is 11.9 Å². The fourth-order valence-electron chi connectivity index (χ4n) is 9.76. The van der Waals surface area contributed by atoms with Gasteiger partial charge in [-0.25, -0.2) is 4.79 Å². The molecule has 5 rings (SSSR count). The molecule has 7 heteroatoms. The van der Waals surface area contributed by atoms with Crippen molar-refractivity contribution in [2.24, 2.45) is 34.5 Å². The van der Waals surface area contributed by atoms with Gasteiger partial charge in [0.2, 0.25) is 0 Å². The summed E-state index contributed by atoms with van der Waals surface area (Å²) < 4.78 is 11.6. The van der Waals surface area contributed by atoms with Crippen LogP contribution in [0.3, 0.4) is 0 Å². The number of aliphatic hydroxyl groups excluding tert-OH is 2. The van der Waals surface area contributed by atoms with Crippen LogP contribution in [0.4, 0.5) is 0 Å². The minimum Gasteiger partial charge on any atom is -0.462 e. The highest BCUT2D eigenvalue weighted by molar-refractivity contribution is 5.85. The van der Waals surface area contributed by atoms with Crippen LogP contribution >= 0.6 is 0 Å². The Kier molecular flexibility index (Phi) is 8.53. The topological polar surface area (TPSA) is 113 Å². The summed E-state index contributed by atoms with van der Waals surface area (Å²) in [6.07, 6.45) is 13.4. The van der Waals surface area contributed by atoms with E-state index in [1.165, 1.54) is 12.5 Å². The van der Waals surface area contributed by atoms with E-state index in [1.807, 2.05) is 6.92 Å². The zero-order chi connectivity index (χ0) is 27.8. The average Bonchev–Trinajstić information content (AvgIpc) is 3.37. The van der Waals surface area contributed by atoms with Gasteiger partial charge in [0.25, 0.3) is 0 Å². The number of carbonyl (C=O) groups is 2. The molecule has 7 nitrogen and oxygen atoms in total. The first-order chi connectivity index (χ1) is 18.7. The van der Waals surface area contributed by atoms with Crippen molar-refractivity contribution in [2.45, 2.75) is 128 Å². The van der Waals surface area contributed by atoms with Crippen LogP contribution in [-0.4, -0.2) is 58.3 Å². The largest absolute Gasteiger partial charge is 0.462 e. The Morgan fingerprint density at radius 1 is 1.08 bits per heavy atom. The van der Waals surface area contributed by atoms with Crippen molar-refractivity contribution >= 4 is 11.9 Å². The summed E-state index contributed by atoms with van der Waals surface area (Å²) in [7, 11) is 0. The smallest absolute Gasteiger partial charge is 0.331 e.